The van der Waals surface area contributed by atoms with Gasteiger partial charge in [0.1, 0.15) is 10.6 Å². The Morgan fingerprint density at radius 3 is 2.94 bits per heavy atom. The summed E-state index contributed by atoms with van der Waals surface area (Å²) in [5.74, 6) is 0.834. The maximum atomic E-state index is 13.4. The van der Waals surface area contributed by atoms with Gasteiger partial charge in [0.15, 0.2) is 5.16 Å². The van der Waals surface area contributed by atoms with Crippen molar-refractivity contribution in [3.8, 4) is 16.9 Å². The normalized spacial score (nSPS) is 15.7. The van der Waals surface area contributed by atoms with Gasteiger partial charge >= 0.3 is 0 Å². The molecule has 1 amide bonds. The Labute approximate surface area is 194 Å². The second-order valence-corrected chi connectivity index (χ2v) is 9.19. The summed E-state index contributed by atoms with van der Waals surface area (Å²) in [7, 11) is 1.62. The molecule has 0 radical (unpaired) electrons. The van der Waals surface area contributed by atoms with Gasteiger partial charge in [0.25, 0.3) is 5.56 Å². The summed E-state index contributed by atoms with van der Waals surface area (Å²) >= 11 is 2.68. The molecule has 9 heteroatoms. The maximum absolute atomic E-state index is 13.4. The van der Waals surface area contributed by atoms with E-state index in [0.717, 1.165) is 36.3 Å². The van der Waals surface area contributed by atoms with Gasteiger partial charge in [-0.05, 0) is 30.5 Å². The van der Waals surface area contributed by atoms with Crippen LogP contribution in [-0.4, -0.2) is 47.6 Å². The lowest BCUT2D eigenvalue weighted by atomic mass is 10.1. The third kappa shape index (κ3) is 4.90. The molecular weight excluding hydrogens is 446 g/mol. The highest BCUT2D eigenvalue weighted by molar-refractivity contribution is 7.99. The first-order chi connectivity index (χ1) is 15.6. The van der Waals surface area contributed by atoms with Crippen LogP contribution in [-0.2, 0) is 16.1 Å². The Morgan fingerprint density at radius 1 is 1.44 bits per heavy atom. The largest absolute Gasteiger partial charge is 0.497 e. The molecule has 0 bridgehead atoms. The first-order valence-corrected chi connectivity index (χ1v) is 12.3. The third-order valence-corrected chi connectivity index (χ3v) is 7.10. The quantitative estimate of drug-likeness (QED) is 0.291. The molecule has 1 fully saturated rings. The molecule has 1 aliphatic heterocycles. The van der Waals surface area contributed by atoms with Gasteiger partial charge in [-0.2, -0.15) is 0 Å². The molecule has 1 aromatic carbocycles. The molecule has 1 N–H and O–H groups in total. The second kappa shape index (κ2) is 10.3. The molecule has 4 rings (SSSR count). The van der Waals surface area contributed by atoms with E-state index in [2.05, 4.69) is 11.9 Å². The zero-order valence-electron chi connectivity index (χ0n) is 17.8. The molecule has 3 heterocycles. The van der Waals surface area contributed by atoms with Crippen molar-refractivity contribution in [1.82, 2.24) is 14.9 Å². The number of hydrogen-bond donors (Lipinski definition) is 1. The summed E-state index contributed by atoms with van der Waals surface area (Å²) in [6, 6.07) is 7.60. The summed E-state index contributed by atoms with van der Waals surface area (Å²) in [4.78, 5) is 31.1. The minimum absolute atomic E-state index is 0.0971. The number of carbonyl (C=O) groups is 1. The van der Waals surface area contributed by atoms with Crippen LogP contribution >= 0.6 is 23.1 Å². The number of benzene rings is 1. The highest BCUT2D eigenvalue weighted by Gasteiger charge is 2.19. The topological polar surface area (TPSA) is 82.5 Å². The highest BCUT2D eigenvalue weighted by atomic mass is 32.2. The number of allylic oxidation sites excluding steroid dienone is 1. The van der Waals surface area contributed by atoms with Crippen LogP contribution in [0.25, 0.3) is 21.3 Å². The molecule has 0 unspecified atom stereocenters. The second-order valence-electron chi connectivity index (χ2n) is 7.38. The van der Waals surface area contributed by atoms with Crippen molar-refractivity contribution in [2.45, 2.75) is 30.6 Å². The third-order valence-electron chi connectivity index (χ3n) is 5.25. The molecule has 1 saturated heterocycles. The van der Waals surface area contributed by atoms with Crippen LogP contribution in [0.15, 0.2) is 52.3 Å². The van der Waals surface area contributed by atoms with Crippen molar-refractivity contribution in [3.05, 3.63) is 52.7 Å². The summed E-state index contributed by atoms with van der Waals surface area (Å²) < 4.78 is 12.3. The predicted molar refractivity (Wildman–Crippen MR) is 129 cm³/mol. The van der Waals surface area contributed by atoms with Crippen LogP contribution in [0.2, 0.25) is 0 Å². The fourth-order valence-corrected chi connectivity index (χ4v) is 5.43. The van der Waals surface area contributed by atoms with Gasteiger partial charge in [0.2, 0.25) is 5.91 Å². The number of nitrogens with zero attached hydrogens (tertiary/aromatic N) is 2. The van der Waals surface area contributed by atoms with Crippen LogP contribution < -0.4 is 15.6 Å². The van der Waals surface area contributed by atoms with E-state index in [-0.39, 0.29) is 23.3 Å². The van der Waals surface area contributed by atoms with E-state index in [0.29, 0.717) is 28.5 Å². The Morgan fingerprint density at radius 2 is 2.25 bits per heavy atom. The number of hydrogen-bond acceptors (Lipinski definition) is 7. The number of methoxy groups -OCH3 is 1. The van der Waals surface area contributed by atoms with Crippen molar-refractivity contribution >= 4 is 39.2 Å². The lowest BCUT2D eigenvalue weighted by Gasteiger charge is -2.12. The minimum Gasteiger partial charge on any atom is -0.497 e. The average Bonchev–Trinajstić information content (AvgIpc) is 3.48. The molecule has 0 spiro atoms. The molecular formula is C23H25N3O4S2. The van der Waals surface area contributed by atoms with Crippen LogP contribution in [0.1, 0.15) is 12.8 Å². The van der Waals surface area contributed by atoms with Gasteiger partial charge in [-0.25, -0.2) is 4.98 Å². The zero-order valence-corrected chi connectivity index (χ0v) is 19.5. The number of nitrogens with one attached hydrogen (secondary N) is 1. The standard InChI is InChI=1S/C23H25N3O4S2/c1-3-10-26-22(28)20-18(15-6-8-16(29-2)9-7-15)13-31-21(20)25-23(26)32-14-19(27)24-12-17-5-4-11-30-17/h3,6-9,13,17H,1,4-5,10-12,14H2,2H3,(H,24,27)/t17-/m0/s1. The van der Waals surface area contributed by atoms with Crippen molar-refractivity contribution in [1.29, 1.82) is 0 Å². The Kier molecular flexibility index (Phi) is 7.29. The highest BCUT2D eigenvalue weighted by Crippen LogP contribution is 2.33. The molecule has 32 heavy (non-hydrogen) atoms. The van der Waals surface area contributed by atoms with Crippen LogP contribution in [0.5, 0.6) is 5.75 Å². The van der Waals surface area contributed by atoms with Crippen LogP contribution in [0.4, 0.5) is 0 Å². The van der Waals surface area contributed by atoms with Crippen molar-refractivity contribution in [3.63, 3.8) is 0 Å². The van der Waals surface area contributed by atoms with Gasteiger partial charge < -0.3 is 14.8 Å². The number of ether oxygens (including phenoxy) is 2. The van der Waals surface area contributed by atoms with Crippen molar-refractivity contribution < 1.29 is 14.3 Å². The molecule has 0 aliphatic carbocycles. The van der Waals surface area contributed by atoms with E-state index in [9.17, 15) is 9.59 Å². The van der Waals surface area contributed by atoms with Crippen LogP contribution in [0.3, 0.4) is 0 Å². The number of thioether (sulfide) groups is 1. The molecule has 168 valence electrons. The lowest BCUT2D eigenvalue weighted by molar-refractivity contribution is -0.119. The number of rotatable bonds is 9. The summed E-state index contributed by atoms with van der Waals surface area (Å²) in [6.07, 6.45) is 3.77. The van der Waals surface area contributed by atoms with Crippen LogP contribution in [0, 0.1) is 0 Å². The minimum atomic E-state index is -0.135. The number of fused-ring (bicyclic) bond motifs is 1. The van der Waals surface area contributed by atoms with E-state index in [1.165, 1.54) is 23.1 Å². The first kappa shape index (κ1) is 22.6. The first-order valence-electron chi connectivity index (χ1n) is 10.4. The maximum Gasteiger partial charge on any atom is 0.263 e. The Balaban J connectivity index is 1.57. The van der Waals surface area contributed by atoms with Gasteiger partial charge in [0, 0.05) is 30.6 Å². The average molecular weight is 472 g/mol. The Hall–Kier alpha value is -2.62. The fraction of sp³-hybridized carbons (Fsp3) is 0.348. The van der Waals surface area contributed by atoms with Crippen molar-refractivity contribution in [2.75, 3.05) is 26.0 Å². The number of carbonyl (C=O) groups excluding carboxylic acids is 1. The number of thiophene rings is 1. The smallest absolute Gasteiger partial charge is 0.263 e. The van der Waals surface area contributed by atoms with E-state index >= 15 is 0 Å². The zero-order chi connectivity index (χ0) is 22.5. The Bertz CT molecular complexity index is 1160. The van der Waals surface area contributed by atoms with Crippen molar-refractivity contribution in [2.24, 2.45) is 0 Å². The van der Waals surface area contributed by atoms with E-state index in [1.54, 1.807) is 17.8 Å². The van der Waals surface area contributed by atoms with E-state index < -0.39 is 0 Å². The van der Waals surface area contributed by atoms with Gasteiger partial charge in [-0.3, -0.25) is 14.2 Å². The lowest BCUT2D eigenvalue weighted by Crippen LogP contribution is -2.33. The summed E-state index contributed by atoms with van der Waals surface area (Å²) in [5, 5.41) is 5.94. The van der Waals surface area contributed by atoms with Gasteiger partial charge in [-0.1, -0.05) is 30.0 Å². The van der Waals surface area contributed by atoms with E-state index in [1.807, 2.05) is 29.6 Å². The number of amides is 1. The SMILES string of the molecule is C=CCn1c(SCC(=O)NC[C@@H]2CCCO2)nc2scc(-c3ccc(OC)cc3)c2c1=O. The monoisotopic (exact) mass is 471 g/mol. The summed E-state index contributed by atoms with van der Waals surface area (Å²) in [6.45, 7) is 5.36. The molecule has 1 atom stereocenters. The molecule has 2 aromatic heterocycles. The molecule has 1 aliphatic rings. The number of aromatic nitrogens is 2. The van der Waals surface area contributed by atoms with Gasteiger partial charge in [-0.15, -0.1) is 17.9 Å². The molecule has 7 nitrogen and oxygen atoms in total. The summed E-state index contributed by atoms with van der Waals surface area (Å²) in [5.41, 5.74) is 1.63. The molecule has 3 aromatic rings. The fourth-order valence-electron chi connectivity index (χ4n) is 3.60. The molecule has 0 saturated carbocycles. The van der Waals surface area contributed by atoms with E-state index in [4.69, 9.17) is 14.5 Å². The van der Waals surface area contributed by atoms with Gasteiger partial charge in [0.05, 0.1) is 24.4 Å². The predicted octanol–water partition coefficient (Wildman–Crippen LogP) is 3.71.